The molecule has 2 heterocycles. The van der Waals surface area contributed by atoms with Crippen molar-refractivity contribution in [2.24, 2.45) is 7.05 Å². The standard InChI is InChI=1S/C13H20N4O2S2/c1-3-14-9-12-13(5-7-20-12)21(18,19)16-6-4-11-8-15-17(2)10-11/h5,7-8,10,14,16H,3-4,6,9H2,1-2H3. The van der Waals surface area contributed by atoms with E-state index in [2.05, 4.69) is 15.1 Å². The third-order valence-corrected chi connectivity index (χ3v) is 5.59. The maximum atomic E-state index is 12.3. The molecule has 0 spiro atoms. The van der Waals surface area contributed by atoms with Crippen molar-refractivity contribution in [3.8, 4) is 0 Å². The molecular formula is C13H20N4O2S2. The molecule has 0 radical (unpaired) electrons. The van der Waals surface area contributed by atoms with Crippen LogP contribution in [0.2, 0.25) is 0 Å². The Hall–Kier alpha value is -1.22. The van der Waals surface area contributed by atoms with Gasteiger partial charge in [0.15, 0.2) is 0 Å². The van der Waals surface area contributed by atoms with Crippen molar-refractivity contribution in [3.63, 3.8) is 0 Å². The van der Waals surface area contributed by atoms with E-state index in [0.717, 1.165) is 17.0 Å². The first kappa shape index (κ1) is 16.2. The summed E-state index contributed by atoms with van der Waals surface area (Å²) in [5.41, 5.74) is 1.01. The van der Waals surface area contributed by atoms with Gasteiger partial charge in [-0.1, -0.05) is 6.92 Å². The highest BCUT2D eigenvalue weighted by Crippen LogP contribution is 2.21. The second-order valence-electron chi connectivity index (χ2n) is 4.66. The number of hydrogen-bond donors (Lipinski definition) is 2. The van der Waals surface area contributed by atoms with E-state index in [1.807, 2.05) is 25.5 Å². The van der Waals surface area contributed by atoms with Crippen molar-refractivity contribution in [3.05, 3.63) is 34.3 Å². The number of sulfonamides is 1. The zero-order valence-corrected chi connectivity index (χ0v) is 13.8. The number of nitrogens with zero attached hydrogens (tertiary/aromatic N) is 2. The molecule has 0 aromatic carbocycles. The number of rotatable bonds is 8. The summed E-state index contributed by atoms with van der Waals surface area (Å²) < 4.78 is 29.0. The Bertz CT molecular complexity index is 676. The Kier molecular flexibility index (Phi) is 5.51. The maximum absolute atomic E-state index is 12.3. The predicted octanol–water partition coefficient (Wildman–Crippen LogP) is 1.11. The van der Waals surface area contributed by atoms with E-state index in [-0.39, 0.29) is 0 Å². The van der Waals surface area contributed by atoms with Crippen molar-refractivity contribution in [1.29, 1.82) is 0 Å². The van der Waals surface area contributed by atoms with Gasteiger partial charge in [0.05, 0.1) is 11.1 Å². The monoisotopic (exact) mass is 328 g/mol. The number of aromatic nitrogens is 2. The molecule has 0 aliphatic heterocycles. The predicted molar refractivity (Wildman–Crippen MR) is 83.8 cm³/mol. The summed E-state index contributed by atoms with van der Waals surface area (Å²) >= 11 is 1.45. The van der Waals surface area contributed by atoms with Crippen LogP contribution < -0.4 is 10.0 Å². The molecule has 2 rings (SSSR count). The van der Waals surface area contributed by atoms with Gasteiger partial charge < -0.3 is 5.32 Å². The molecule has 8 heteroatoms. The summed E-state index contributed by atoms with van der Waals surface area (Å²) in [6, 6.07) is 1.66. The minimum atomic E-state index is -3.45. The Morgan fingerprint density at radius 3 is 2.90 bits per heavy atom. The van der Waals surface area contributed by atoms with Gasteiger partial charge in [0, 0.05) is 31.2 Å². The van der Waals surface area contributed by atoms with Crippen LogP contribution in [0.4, 0.5) is 0 Å². The molecule has 0 aliphatic rings. The molecule has 0 amide bonds. The van der Waals surface area contributed by atoms with E-state index in [9.17, 15) is 8.42 Å². The lowest BCUT2D eigenvalue weighted by molar-refractivity contribution is 0.580. The SMILES string of the molecule is CCNCc1sccc1S(=O)(=O)NCCc1cnn(C)c1. The summed E-state index contributed by atoms with van der Waals surface area (Å²) in [5, 5.41) is 9.03. The molecule has 21 heavy (non-hydrogen) atoms. The van der Waals surface area contributed by atoms with Gasteiger partial charge in [0.1, 0.15) is 0 Å². The fraction of sp³-hybridized carbons (Fsp3) is 0.462. The minimum Gasteiger partial charge on any atom is -0.312 e. The first-order valence-electron chi connectivity index (χ1n) is 6.77. The molecule has 0 aliphatic carbocycles. The van der Waals surface area contributed by atoms with Gasteiger partial charge in [0.25, 0.3) is 0 Å². The van der Waals surface area contributed by atoms with Crippen LogP contribution in [0.1, 0.15) is 17.4 Å². The minimum absolute atomic E-state index is 0.366. The molecule has 6 nitrogen and oxygen atoms in total. The second-order valence-corrected chi connectivity index (χ2v) is 7.39. The smallest absolute Gasteiger partial charge is 0.241 e. The molecule has 2 aromatic heterocycles. The molecular weight excluding hydrogens is 308 g/mol. The highest BCUT2D eigenvalue weighted by Gasteiger charge is 2.18. The van der Waals surface area contributed by atoms with Crippen LogP contribution in [0, 0.1) is 0 Å². The van der Waals surface area contributed by atoms with Gasteiger partial charge in [0.2, 0.25) is 10.0 Å². The zero-order chi connectivity index (χ0) is 15.3. The zero-order valence-electron chi connectivity index (χ0n) is 12.2. The van der Waals surface area contributed by atoms with Crippen molar-refractivity contribution >= 4 is 21.4 Å². The van der Waals surface area contributed by atoms with E-state index in [4.69, 9.17) is 0 Å². The molecule has 2 N–H and O–H groups in total. The van der Waals surface area contributed by atoms with Gasteiger partial charge in [-0.25, -0.2) is 13.1 Å². The third kappa shape index (κ3) is 4.37. The van der Waals surface area contributed by atoms with Crippen LogP contribution in [0.3, 0.4) is 0 Å². The largest absolute Gasteiger partial charge is 0.312 e. The van der Waals surface area contributed by atoms with Gasteiger partial charge >= 0.3 is 0 Å². The normalized spacial score (nSPS) is 11.9. The maximum Gasteiger partial charge on any atom is 0.241 e. The third-order valence-electron chi connectivity index (χ3n) is 2.99. The molecule has 2 aromatic rings. The van der Waals surface area contributed by atoms with Crippen molar-refractivity contribution in [1.82, 2.24) is 19.8 Å². The molecule has 116 valence electrons. The Labute approximate surface area is 129 Å². The van der Waals surface area contributed by atoms with Crippen LogP contribution in [0.15, 0.2) is 28.7 Å². The summed E-state index contributed by atoms with van der Waals surface area (Å²) in [7, 11) is -1.61. The van der Waals surface area contributed by atoms with Gasteiger partial charge in [-0.2, -0.15) is 5.10 Å². The second kappa shape index (κ2) is 7.17. The van der Waals surface area contributed by atoms with Crippen molar-refractivity contribution < 1.29 is 8.42 Å². The summed E-state index contributed by atoms with van der Waals surface area (Å²) in [6.07, 6.45) is 4.25. The quantitative estimate of drug-likeness (QED) is 0.761. The van der Waals surface area contributed by atoms with Gasteiger partial charge in [-0.05, 0) is 30.0 Å². The van der Waals surface area contributed by atoms with E-state index in [1.54, 1.807) is 16.9 Å². The van der Waals surface area contributed by atoms with Crippen LogP contribution in [-0.2, 0) is 30.0 Å². The van der Waals surface area contributed by atoms with E-state index >= 15 is 0 Å². The Morgan fingerprint density at radius 2 is 2.24 bits per heavy atom. The lowest BCUT2D eigenvalue weighted by Crippen LogP contribution is -2.27. The number of hydrogen-bond acceptors (Lipinski definition) is 5. The van der Waals surface area contributed by atoms with Crippen molar-refractivity contribution in [2.45, 2.75) is 24.8 Å². The lowest BCUT2D eigenvalue weighted by Gasteiger charge is -2.07. The van der Waals surface area contributed by atoms with E-state index in [0.29, 0.717) is 24.4 Å². The molecule has 0 fully saturated rings. The average molecular weight is 328 g/mol. The van der Waals surface area contributed by atoms with Gasteiger partial charge in [-0.3, -0.25) is 4.68 Å². The van der Waals surface area contributed by atoms with Gasteiger partial charge in [-0.15, -0.1) is 11.3 Å². The lowest BCUT2D eigenvalue weighted by atomic mass is 10.3. The van der Waals surface area contributed by atoms with Crippen LogP contribution in [0.25, 0.3) is 0 Å². The number of aryl methyl sites for hydroxylation is 1. The molecule has 0 bridgehead atoms. The van der Waals surface area contributed by atoms with Crippen LogP contribution >= 0.6 is 11.3 Å². The highest BCUT2D eigenvalue weighted by atomic mass is 32.2. The fourth-order valence-electron chi connectivity index (χ4n) is 1.94. The molecule has 0 saturated heterocycles. The Morgan fingerprint density at radius 1 is 1.43 bits per heavy atom. The molecule has 0 atom stereocenters. The van der Waals surface area contributed by atoms with E-state index in [1.165, 1.54) is 11.3 Å². The van der Waals surface area contributed by atoms with Crippen LogP contribution in [0.5, 0.6) is 0 Å². The topological polar surface area (TPSA) is 76.0 Å². The first-order chi connectivity index (χ1) is 10.0. The van der Waals surface area contributed by atoms with Crippen LogP contribution in [-0.4, -0.2) is 31.3 Å². The summed E-state index contributed by atoms with van der Waals surface area (Å²) in [6.45, 7) is 3.75. The number of nitrogens with one attached hydrogen (secondary N) is 2. The molecule has 0 unspecified atom stereocenters. The highest BCUT2D eigenvalue weighted by molar-refractivity contribution is 7.89. The Balaban J connectivity index is 1.96. The molecule has 0 saturated carbocycles. The summed E-state index contributed by atoms with van der Waals surface area (Å²) in [5.74, 6) is 0. The first-order valence-corrected chi connectivity index (χ1v) is 9.13. The number of thiophene rings is 1. The fourth-order valence-corrected chi connectivity index (χ4v) is 4.39. The summed E-state index contributed by atoms with van der Waals surface area (Å²) in [4.78, 5) is 1.21. The van der Waals surface area contributed by atoms with Crippen molar-refractivity contribution in [2.75, 3.05) is 13.1 Å². The average Bonchev–Trinajstić information content (AvgIpc) is 3.05. The van der Waals surface area contributed by atoms with E-state index < -0.39 is 10.0 Å².